The second-order valence-electron chi connectivity index (χ2n) is 8.57. The fourth-order valence-electron chi connectivity index (χ4n) is 4.06. The van der Waals surface area contributed by atoms with Crippen LogP contribution in [0, 0.1) is 27.7 Å². The third-order valence-electron chi connectivity index (χ3n) is 5.91. The van der Waals surface area contributed by atoms with Crippen molar-refractivity contribution < 1.29 is 18.3 Å². The molecule has 9 nitrogen and oxygen atoms in total. The number of rotatable bonds is 9. The molecule has 0 bridgehead atoms. The highest BCUT2D eigenvalue weighted by Crippen LogP contribution is 2.25. The van der Waals surface area contributed by atoms with Gasteiger partial charge in [-0.2, -0.15) is 5.10 Å². The van der Waals surface area contributed by atoms with Crippen molar-refractivity contribution in [1.29, 1.82) is 0 Å². The van der Waals surface area contributed by atoms with E-state index in [1.54, 1.807) is 31.0 Å². The lowest BCUT2D eigenvalue weighted by Gasteiger charge is -2.21. The molecule has 0 aliphatic rings. The van der Waals surface area contributed by atoms with E-state index < -0.39 is 16.0 Å². The molecule has 2 heterocycles. The summed E-state index contributed by atoms with van der Waals surface area (Å²) in [7, 11) is -0.203. The summed E-state index contributed by atoms with van der Waals surface area (Å²) >= 11 is 0. The van der Waals surface area contributed by atoms with Crippen molar-refractivity contribution in [2.75, 3.05) is 23.2 Å². The van der Waals surface area contributed by atoms with Crippen LogP contribution in [0.4, 0.5) is 11.5 Å². The zero-order valence-electron chi connectivity index (χ0n) is 20.4. The summed E-state index contributed by atoms with van der Waals surface area (Å²) in [6.45, 7) is 8.19. The van der Waals surface area contributed by atoms with Gasteiger partial charge in [0.1, 0.15) is 11.4 Å². The maximum atomic E-state index is 12.9. The third kappa shape index (κ3) is 5.39. The molecule has 0 aliphatic heterocycles. The van der Waals surface area contributed by atoms with E-state index >= 15 is 0 Å². The van der Waals surface area contributed by atoms with E-state index in [4.69, 9.17) is 0 Å². The van der Waals surface area contributed by atoms with Gasteiger partial charge in [-0.1, -0.05) is 17.7 Å². The molecule has 34 heavy (non-hydrogen) atoms. The van der Waals surface area contributed by atoms with Gasteiger partial charge in [-0.15, -0.1) is 0 Å². The van der Waals surface area contributed by atoms with Gasteiger partial charge >= 0.3 is 5.97 Å². The Labute approximate surface area is 200 Å². The van der Waals surface area contributed by atoms with Crippen molar-refractivity contribution in [2.24, 2.45) is 7.05 Å². The number of hydrogen-bond acceptors (Lipinski definition) is 6. The number of benzene rings is 1. The topological polar surface area (TPSA) is 117 Å². The lowest BCUT2D eigenvalue weighted by molar-refractivity contribution is 0.0697. The second kappa shape index (κ2) is 9.84. The first-order valence-corrected chi connectivity index (χ1v) is 12.4. The van der Waals surface area contributed by atoms with Crippen LogP contribution in [-0.4, -0.2) is 47.9 Å². The summed E-state index contributed by atoms with van der Waals surface area (Å²) in [4.78, 5) is 18.1. The highest BCUT2D eigenvalue weighted by molar-refractivity contribution is 7.92. The molecule has 2 N–H and O–H groups in total. The monoisotopic (exact) mass is 485 g/mol. The van der Waals surface area contributed by atoms with Crippen molar-refractivity contribution in [3.63, 3.8) is 0 Å². The molecule has 3 rings (SSSR count). The Kier molecular flexibility index (Phi) is 7.30. The van der Waals surface area contributed by atoms with E-state index in [1.807, 2.05) is 32.5 Å². The van der Waals surface area contributed by atoms with E-state index in [0.29, 0.717) is 12.1 Å². The van der Waals surface area contributed by atoms with Crippen molar-refractivity contribution in [3.8, 4) is 0 Å². The van der Waals surface area contributed by atoms with Crippen LogP contribution in [-0.2, 0) is 23.5 Å². The van der Waals surface area contributed by atoms with Gasteiger partial charge in [0.25, 0.3) is 10.0 Å². The molecule has 0 aliphatic carbocycles. The van der Waals surface area contributed by atoms with E-state index in [9.17, 15) is 18.3 Å². The Morgan fingerprint density at radius 1 is 1.18 bits per heavy atom. The number of nitrogens with zero attached hydrogens (tertiary/aromatic N) is 4. The van der Waals surface area contributed by atoms with Gasteiger partial charge in [-0.05, 0) is 63.8 Å². The highest BCUT2D eigenvalue weighted by atomic mass is 32.2. The Hall–Kier alpha value is -3.40. The molecule has 2 aromatic heterocycles. The van der Waals surface area contributed by atoms with Crippen LogP contribution >= 0.6 is 0 Å². The van der Waals surface area contributed by atoms with Gasteiger partial charge in [0.05, 0.1) is 22.5 Å². The van der Waals surface area contributed by atoms with Gasteiger partial charge in [-0.25, -0.2) is 18.2 Å². The van der Waals surface area contributed by atoms with E-state index in [-0.39, 0.29) is 22.0 Å². The zero-order valence-corrected chi connectivity index (χ0v) is 21.2. The Bertz CT molecular complexity index is 1330. The minimum absolute atomic E-state index is 0.0722. The number of carboxylic acid groups (broad SMARTS) is 1. The van der Waals surface area contributed by atoms with E-state index in [2.05, 4.69) is 14.8 Å². The van der Waals surface area contributed by atoms with Gasteiger partial charge in [0, 0.05) is 26.3 Å². The molecule has 0 saturated heterocycles. The van der Waals surface area contributed by atoms with Crippen LogP contribution in [0.3, 0.4) is 0 Å². The molecule has 0 fully saturated rings. The number of aromatic carboxylic acids is 1. The van der Waals surface area contributed by atoms with Crippen LogP contribution in [0.5, 0.6) is 0 Å². The van der Waals surface area contributed by atoms with Crippen LogP contribution in [0.2, 0.25) is 0 Å². The van der Waals surface area contributed by atoms with Crippen LogP contribution in [0.1, 0.15) is 44.9 Å². The largest absolute Gasteiger partial charge is 0.478 e. The van der Waals surface area contributed by atoms with Gasteiger partial charge in [-0.3, -0.25) is 9.40 Å². The minimum atomic E-state index is -3.89. The standard InChI is InChI=1S/C24H31N5O4S/c1-15-9-10-22(16(2)12-15)34(32,33)27-19-13-21(24(30)31)23(25-14-19)28(5)11-7-8-20-17(3)26-29(6)18(20)4/h9-10,12-14,27H,7-8,11H2,1-6H3,(H,30,31). The zero-order chi connectivity index (χ0) is 25.2. The summed E-state index contributed by atoms with van der Waals surface area (Å²) in [5.74, 6) is -0.901. The van der Waals surface area contributed by atoms with Crippen molar-refractivity contribution in [2.45, 2.75) is 45.4 Å². The highest BCUT2D eigenvalue weighted by Gasteiger charge is 2.21. The molecular weight excluding hydrogens is 454 g/mol. The van der Waals surface area contributed by atoms with Crippen LogP contribution < -0.4 is 9.62 Å². The number of sulfonamides is 1. The Balaban J connectivity index is 1.77. The molecule has 3 aromatic rings. The van der Waals surface area contributed by atoms with Gasteiger partial charge in [0.2, 0.25) is 0 Å². The number of anilines is 2. The van der Waals surface area contributed by atoms with Crippen molar-refractivity contribution in [3.05, 3.63) is 64.1 Å². The first-order chi connectivity index (χ1) is 15.9. The summed E-state index contributed by atoms with van der Waals surface area (Å²) < 4.78 is 30.0. The molecule has 0 spiro atoms. The first kappa shape index (κ1) is 25.2. The molecular formula is C24H31N5O4S. The Morgan fingerprint density at radius 3 is 2.47 bits per heavy atom. The molecule has 182 valence electrons. The van der Waals surface area contributed by atoms with E-state index in [0.717, 1.165) is 29.8 Å². The van der Waals surface area contributed by atoms with Crippen LogP contribution in [0.25, 0.3) is 0 Å². The third-order valence-corrected chi connectivity index (χ3v) is 7.45. The lowest BCUT2D eigenvalue weighted by Crippen LogP contribution is -2.23. The summed E-state index contributed by atoms with van der Waals surface area (Å²) in [6.07, 6.45) is 2.94. The first-order valence-electron chi connectivity index (χ1n) is 10.9. The second-order valence-corrected chi connectivity index (χ2v) is 10.2. The number of pyridine rings is 1. The fraction of sp³-hybridized carbons (Fsp3) is 0.375. The maximum absolute atomic E-state index is 12.9. The number of carboxylic acids is 1. The van der Waals surface area contributed by atoms with Gasteiger partial charge < -0.3 is 10.0 Å². The molecule has 0 radical (unpaired) electrons. The van der Waals surface area contributed by atoms with Crippen LogP contribution in [0.15, 0.2) is 35.4 Å². The smallest absolute Gasteiger partial charge is 0.339 e. The van der Waals surface area contributed by atoms with Crippen molar-refractivity contribution in [1.82, 2.24) is 14.8 Å². The average Bonchev–Trinajstić information content (AvgIpc) is 2.98. The predicted molar refractivity (Wildman–Crippen MR) is 132 cm³/mol. The molecule has 0 saturated carbocycles. The maximum Gasteiger partial charge on any atom is 0.339 e. The molecule has 0 unspecified atom stereocenters. The summed E-state index contributed by atoms with van der Waals surface area (Å²) in [6, 6.07) is 6.33. The Morgan fingerprint density at radius 2 is 1.88 bits per heavy atom. The molecule has 10 heteroatoms. The fourth-order valence-corrected chi connectivity index (χ4v) is 5.33. The number of nitrogens with one attached hydrogen (secondary N) is 1. The minimum Gasteiger partial charge on any atom is -0.478 e. The summed E-state index contributed by atoms with van der Waals surface area (Å²) in [5.41, 5.74) is 4.88. The SMILES string of the molecule is Cc1ccc(S(=O)(=O)Nc2cnc(N(C)CCCc3c(C)nn(C)c3C)c(C(=O)O)c2)c(C)c1. The number of aryl methyl sites for hydroxylation is 4. The quantitative estimate of drug-likeness (QED) is 0.475. The number of aromatic nitrogens is 3. The summed E-state index contributed by atoms with van der Waals surface area (Å²) in [5, 5.41) is 14.2. The molecule has 0 amide bonds. The predicted octanol–water partition coefficient (Wildman–Crippen LogP) is 3.62. The average molecular weight is 486 g/mol. The lowest BCUT2D eigenvalue weighted by atomic mass is 10.1. The number of hydrogen-bond donors (Lipinski definition) is 2. The molecule has 1 aromatic carbocycles. The molecule has 0 atom stereocenters. The van der Waals surface area contributed by atoms with Crippen molar-refractivity contribution >= 4 is 27.5 Å². The van der Waals surface area contributed by atoms with Gasteiger partial charge in [0.15, 0.2) is 0 Å². The normalized spacial score (nSPS) is 11.5. The van der Waals surface area contributed by atoms with E-state index in [1.165, 1.54) is 23.9 Å². The number of carbonyl (C=O) groups is 1.